The molecule has 1 aromatic heterocycles. The van der Waals surface area contributed by atoms with Gasteiger partial charge in [0.2, 0.25) is 5.91 Å². The summed E-state index contributed by atoms with van der Waals surface area (Å²) in [6.07, 6.45) is 1.70. The molecule has 0 radical (unpaired) electrons. The molecule has 3 N–H and O–H groups in total. The lowest BCUT2D eigenvalue weighted by molar-refractivity contribution is -0.118. The van der Waals surface area contributed by atoms with Crippen molar-refractivity contribution in [2.75, 3.05) is 17.2 Å². The summed E-state index contributed by atoms with van der Waals surface area (Å²) in [6.45, 7) is 6.64. The van der Waals surface area contributed by atoms with Gasteiger partial charge in [0.1, 0.15) is 5.82 Å². The minimum absolute atomic E-state index is 0.0328. The molecular formula is C24H30N4O3. The molecule has 0 aliphatic carbocycles. The fourth-order valence-electron chi connectivity index (χ4n) is 3.68. The molecule has 0 atom stereocenters. The number of amides is 1. The second-order valence-electron chi connectivity index (χ2n) is 8.25. The highest BCUT2D eigenvalue weighted by molar-refractivity contribution is 5.97. The largest absolute Gasteiger partial charge is 0.383 e. The summed E-state index contributed by atoms with van der Waals surface area (Å²) in [5.41, 5.74) is 5.98. The van der Waals surface area contributed by atoms with E-state index in [0.29, 0.717) is 19.5 Å². The number of benzene rings is 2. The van der Waals surface area contributed by atoms with Crippen LogP contribution >= 0.6 is 0 Å². The highest BCUT2D eigenvalue weighted by Gasteiger charge is 2.24. The molecule has 0 saturated heterocycles. The first-order chi connectivity index (χ1) is 14.8. The topological polar surface area (TPSA) is 101 Å². The van der Waals surface area contributed by atoms with E-state index in [4.69, 9.17) is 5.73 Å². The van der Waals surface area contributed by atoms with Gasteiger partial charge < -0.3 is 10.6 Å². The van der Waals surface area contributed by atoms with Crippen molar-refractivity contribution in [1.29, 1.82) is 0 Å². The predicted molar refractivity (Wildman–Crippen MR) is 125 cm³/mol. The van der Waals surface area contributed by atoms with Crippen LogP contribution in [0.25, 0.3) is 10.8 Å². The monoisotopic (exact) mass is 422 g/mol. The number of aromatic amines is 1. The van der Waals surface area contributed by atoms with Crippen LogP contribution in [-0.4, -0.2) is 22.0 Å². The quantitative estimate of drug-likeness (QED) is 0.581. The molecule has 0 aliphatic rings. The summed E-state index contributed by atoms with van der Waals surface area (Å²) < 4.78 is 1.34. The number of nitrogens with zero attached hydrogens (tertiary/aromatic N) is 2. The normalized spacial score (nSPS) is 11.2. The van der Waals surface area contributed by atoms with E-state index in [2.05, 4.69) is 4.98 Å². The van der Waals surface area contributed by atoms with Gasteiger partial charge in [-0.25, -0.2) is 4.79 Å². The van der Waals surface area contributed by atoms with Crippen LogP contribution in [0.5, 0.6) is 0 Å². The zero-order valence-corrected chi connectivity index (χ0v) is 18.4. The van der Waals surface area contributed by atoms with E-state index in [0.717, 1.165) is 22.8 Å². The molecule has 164 valence electrons. The molecule has 2 aromatic carbocycles. The molecule has 7 nitrogen and oxygen atoms in total. The van der Waals surface area contributed by atoms with Gasteiger partial charge in [0, 0.05) is 13.1 Å². The number of H-pyrrole nitrogens is 1. The van der Waals surface area contributed by atoms with Crippen LogP contribution in [0.3, 0.4) is 0 Å². The number of nitrogens with one attached hydrogen (secondary N) is 1. The van der Waals surface area contributed by atoms with E-state index >= 15 is 0 Å². The molecule has 0 bridgehead atoms. The van der Waals surface area contributed by atoms with Crippen molar-refractivity contribution < 1.29 is 4.79 Å². The van der Waals surface area contributed by atoms with Gasteiger partial charge in [-0.05, 0) is 28.7 Å². The maximum absolute atomic E-state index is 13.3. The van der Waals surface area contributed by atoms with Crippen LogP contribution in [0.1, 0.15) is 39.2 Å². The smallest absolute Gasteiger partial charge is 0.330 e. The molecule has 0 fully saturated rings. The summed E-state index contributed by atoms with van der Waals surface area (Å²) >= 11 is 0. The summed E-state index contributed by atoms with van der Waals surface area (Å²) in [6, 6.07) is 13.8. The zero-order chi connectivity index (χ0) is 22.5. The van der Waals surface area contributed by atoms with Crippen molar-refractivity contribution in [3.05, 3.63) is 68.9 Å². The third kappa shape index (κ3) is 5.05. The Morgan fingerprint density at radius 2 is 1.84 bits per heavy atom. The van der Waals surface area contributed by atoms with Crippen LogP contribution < -0.4 is 21.9 Å². The Morgan fingerprint density at radius 3 is 2.52 bits per heavy atom. The molecule has 3 aromatic rings. The Bertz CT molecular complexity index is 1190. The fraction of sp³-hybridized carbons (Fsp3) is 0.375. The summed E-state index contributed by atoms with van der Waals surface area (Å²) in [5.74, 6) is -0.0442. The van der Waals surface area contributed by atoms with Gasteiger partial charge in [0.05, 0.1) is 6.42 Å². The number of rotatable bonds is 8. The van der Waals surface area contributed by atoms with Crippen molar-refractivity contribution in [2.45, 2.75) is 46.6 Å². The Labute approximate surface area is 181 Å². The molecule has 0 spiro atoms. The molecule has 31 heavy (non-hydrogen) atoms. The standard InChI is InChI=1S/C24H30N4O3/c1-4-5-12-27(21-22(25)28(15-16(2)3)24(31)26-23(21)30)20(29)14-17-10-11-18-8-6-7-9-19(18)13-17/h6-11,13,16H,4-5,12,14-15,25H2,1-3H3,(H,26,30,31). The number of anilines is 2. The number of hydrogen-bond donors (Lipinski definition) is 2. The number of nitrogens with two attached hydrogens (primary N) is 1. The lowest BCUT2D eigenvalue weighted by atomic mass is 10.0. The van der Waals surface area contributed by atoms with Crippen molar-refractivity contribution in [1.82, 2.24) is 9.55 Å². The van der Waals surface area contributed by atoms with Crippen LogP contribution in [0.4, 0.5) is 11.5 Å². The number of carbonyl (C=O) groups is 1. The van der Waals surface area contributed by atoms with E-state index in [9.17, 15) is 14.4 Å². The van der Waals surface area contributed by atoms with E-state index in [1.54, 1.807) is 0 Å². The van der Waals surface area contributed by atoms with Gasteiger partial charge >= 0.3 is 5.69 Å². The highest BCUT2D eigenvalue weighted by Crippen LogP contribution is 2.21. The lowest BCUT2D eigenvalue weighted by Gasteiger charge is -2.25. The average molecular weight is 423 g/mol. The van der Waals surface area contributed by atoms with Crippen molar-refractivity contribution >= 4 is 28.2 Å². The van der Waals surface area contributed by atoms with Gasteiger partial charge in [0.15, 0.2) is 5.69 Å². The minimum Gasteiger partial charge on any atom is -0.383 e. The van der Waals surface area contributed by atoms with Crippen LogP contribution in [0, 0.1) is 5.92 Å². The third-order valence-electron chi connectivity index (χ3n) is 5.24. The number of nitrogen functional groups attached to an aromatic ring is 1. The summed E-state index contributed by atoms with van der Waals surface area (Å²) in [4.78, 5) is 42.1. The third-order valence-corrected chi connectivity index (χ3v) is 5.24. The SMILES string of the molecule is CCCCN(C(=O)Cc1ccc2ccccc2c1)c1c(N)n(CC(C)C)c(=O)[nH]c1=O. The number of fused-ring (bicyclic) bond motifs is 1. The van der Waals surface area contributed by atoms with E-state index in [1.165, 1.54) is 9.47 Å². The fourth-order valence-corrected chi connectivity index (χ4v) is 3.68. The van der Waals surface area contributed by atoms with Gasteiger partial charge in [0.25, 0.3) is 5.56 Å². The zero-order valence-electron chi connectivity index (χ0n) is 18.4. The molecule has 1 amide bonds. The van der Waals surface area contributed by atoms with Crippen molar-refractivity contribution in [2.24, 2.45) is 5.92 Å². The number of aromatic nitrogens is 2. The number of carbonyl (C=O) groups excluding carboxylic acids is 1. The first-order valence-corrected chi connectivity index (χ1v) is 10.7. The van der Waals surface area contributed by atoms with Gasteiger partial charge in [-0.3, -0.25) is 19.1 Å². The molecular weight excluding hydrogens is 392 g/mol. The Balaban J connectivity index is 2.00. The van der Waals surface area contributed by atoms with E-state index < -0.39 is 11.2 Å². The molecule has 7 heteroatoms. The second-order valence-corrected chi connectivity index (χ2v) is 8.25. The average Bonchev–Trinajstić information content (AvgIpc) is 2.73. The highest BCUT2D eigenvalue weighted by atomic mass is 16.2. The van der Waals surface area contributed by atoms with Gasteiger partial charge in [-0.2, -0.15) is 0 Å². The molecule has 3 rings (SSSR count). The lowest BCUT2D eigenvalue weighted by Crippen LogP contribution is -2.42. The van der Waals surface area contributed by atoms with Gasteiger partial charge in [-0.1, -0.05) is 69.7 Å². The van der Waals surface area contributed by atoms with Gasteiger partial charge in [-0.15, -0.1) is 0 Å². The minimum atomic E-state index is -0.634. The van der Waals surface area contributed by atoms with E-state index in [1.807, 2.05) is 63.2 Å². The summed E-state index contributed by atoms with van der Waals surface area (Å²) in [7, 11) is 0. The maximum atomic E-state index is 13.3. The molecule has 0 saturated carbocycles. The summed E-state index contributed by atoms with van der Waals surface area (Å²) in [5, 5.41) is 2.15. The second kappa shape index (κ2) is 9.64. The molecule has 0 unspecified atom stereocenters. The maximum Gasteiger partial charge on any atom is 0.330 e. The van der Waals surface area contributed by atoms with E-state index in [-0.39, 0.29) is 29.8 Å². The molecule has 0 aliphatic heterocycles. The van der Waals surface area contributed by atoms with Crippen LogP contribution in [0.2, 0.25) is 0 Å². The predicted octanol–water partition coefficient (Wildman–Crippen LogP) is 3.30. The Hall–Kier alpha value is -3.35. The number of hydrogen-bond acceptors (Lipinski definition) is 4. The first kappa shape index (κ1) is 22.3. The molecule has 1 heterocycles. The Morgan fingerprint density at radius 1 is 1.13 bits per heavy atom. The number of unbranched alkanes of at least 4 members (excludes halogenated alkanes) is 1. The van der Waals surface area contributed by atoms with Crippen LogP contribution in [0.15, 0.2) is 52.1 Å². The van der Waals surface area contributed by atoms with Crippen molar-refractivity contribution in [3.63, 3.8) is 0 Å². The first-order valence-electron chi connectivity index (χ1n) is 10.7. The van der Waals surface area contributed by atoms with Crippen LogP contribution in [-0.2, 0) is 17.8 Å². The Kier molecular flexibility index (Phi) is 6.95. The van der Waals surface area contributed by atoms with Crippen molar-refractivity contribution in [3.8, 4) is 0 Å².